The normalized spacial score (nSPS) is 16.8. The Kier molecular flexibility index (Phi) is 6.40. The minimum absolute atomic E-state index is 0.152. The molecule has 0 bridgehead atoms. The van der Waals surface area contributed by atoms with E-state index in [0.29, 0.717) is 12.3 Å². The highest BCUT2D eigenvalue weighted by Crippen LogP contribution is 2.31. The first-order valence-electron chi connectivity index (χ1n) is 7.97. The second-order valence-corrected chi connectivity index (χ2v) is 5.90. The summed E-state index contributed by atoms with van der Waals surface area (Å²) < 4.78 is 5.16. The highest BCUT2D eigenvalue weighted by Gasteiger charge is 2.31. The molecule has 1 aromatic rings. The molecular formula is C17H24N2O4. The number of hydrogen-bond acceptors (Lipinski definition) is 4. The van der Waals surface area contributed by atoms with Crippen LogP contribution in [0.2, 0.25) is 0 Å². The van der Waals surface area contributed by atoms with Crippen molar-refractivity contribution in [3.63, 3.8) is 0 Å². The number of alkyl carbamates (subject to hydrolysis) is 1. The number of ether oxygens (including phenoxy) is 1. The Bertz CT molecular complexity index is 517. The fourth-order valence-corrected chi connectivity index (χ4v) is 2.60. The fraction of sp³-hybridized carbons (Fsp3) is 0.529. The van der Waals surface area contributed by atoms with E-state index in [1.807, 2.05) is 30.3 Å². The first kappa shape index (κ1) is 17.3. The second-order valence-electron chi connectivity index (χ2n) is 5.90. The molecule has 0 aliphatic heterocycles. The van der Waals surface area contributed by atoms with Crippen LogP contribution in [0.1, 0.15) is 31.2 Å². The molecule has 1 fully saturated rings. The van der Waals surface area contributed by atoms with Gasteiger partial charge in [-0.15, -0.1) is 0 Å². The molecule has 0 saturated heterocycles. The lowest BCUT2D eigenvalue weighted by molar-refractivity contribution is -0.130. The third kappa shape index (κ3) is 5.25. The first-order valence-corrected chi connectivity index (χ1v) is 7.97. The van der Waals surface area contributed by atoms with Gasteiger partial charge in [0, 0.05) is 7.05 Å². The number of nitrogens with one attached hydrogen (secondary N) is 2. The number of likely N-dealkylation sites (N-methyl/N-ethyl adjacent to an activating group) is 1. The van der Waals surface area contributed by atoms with Gasteiger partial charge in [-0.2, -0.15) is 0 Å². The molecule has 1 aliphatic carbocycles. The average Bonchev–Trinajstić information content (AvgIpc) is 2.54. The van der Waals surface area contributed by atoms with Gasteiger partial charge in [-0.1, -0.05) is 49.6 Å². The smallest absolute Gasteiger partial charge is 0.407 e. The summed E-state index contributed by atoms with van der Waals surface area (Å²) in [5.74, 6) is -0.0635. The van der Waals surface area contributed by atoms with Crippen LogP contribution in [-0.4, -0.2) is 36.3 Å². The quantitative estimate of drug-likeness (QED) is 0.712. The van der Waals surface area contributed by atoms with Gasteiger partial charge in [0.15, 0.2) is 6.10 Å². The number of hydrogen-bond donors (Lipinski definition) is 3. The van der Waals surface area contributed by atoms with E-state index < -0.39 is 24.1 Å². The predicted octanol–water partition coefficient (Wildman–Crippen LogP) is 1.58. The molecule has 23 heavy (non-hydrogen) atoms. The van der Waals surface area contributed by atoms with Gasteiger partial charge >= 0.3 is 6.09 Å². The van der Waals surface area contributed by atoms with Gasteiger partial charge in [0.25, 0.3) is 5.91 Å². The largest absolute Gasteiger partial charge is 0.445 e. The van der Waals surface area contributed by atoms with Crippen LogP contribution in [0.3, 0.4) is 0 Å². The molecule has 6 nitrogen and oxygen atoms in total. The highest BCUT2D eigenvalue weighted by atomic mass is 16.5. The van der Waals surface area contributed by atoms with E-state index >= 15 is 0 Å². The van der Waals surface area contributed by atoms with Gasteiger partial charge in [0.1, 0.15) is 6.61 Å². The number of aliphatic hydroxyl groups is 1. The molecule has 6 heteroatoms. The number of carbonyl (C=O) groups excluding carboxylic acids is 2. The topological polar surface area (TPSA) is 87.7 Å². The Labute approximate surface area is 136 Å². The van der Waals surface area contributed by atoms with Crippen molar-refractivity contribution in [3.05, 3.63) is 35.9 Å². The summed E-state index contributed by atoms with van der Waals surface area (Å²) in [6, 6.07) is 8.70. The average molecular weight is 320 g/mol. The van der Waals surface area contributed by atoms with Gasteiger partial charge < -0.3 is 20.5 Å². The number of aliphatic hydroxyl groups excluding tert-OH is 1. The standard InChI is InChI=1S/C17H24N2O4/c1-18-16(21)15(20)14(10-12-8-5-9-12)19-17(22)23-11-13-6-3-2-4-7-13/h2-4,6-7,12,14-15,20H,5,8-11H2,1H3,(H,18,21)(H,19,22)/t14-,15+/m0/s1. The van der Waals surface area contributed by atoms with E-state index in [1.54, 1.807) is 0 Å². The van der Waals surface area contributed by atoms with Crippen LogP contribution in [0.25, 0.3) is 0 Å². The molecule has 2 rings (SSSR count). The van der Waals surface area contributed by atoms with Crippen LogP contribution < -0.4 is 10.6 Å². The Hall–Kier alpha value is -2.08. The van der Waals surface area contributed by atoms with Gasteiger partial charge in [0.2, 0.25) is 0 Å². The maximum atomic E-state index is 12.0. The fourth-order valence-electron chi connectivity index (χ4n) is 2.60. The first-order chi connectivity index (χ1) is 11.1. The molecule has 2 amide bonds. The van der Waals surface area contributed by atoms with E-state index in [4.69, 9.17) is 4.74 Å². The van der Waals surface area contributed by atoms with Crippen LogP contribution in [0.5, 0.6) is 0 Å². The van der Waals surface area contributed by atoms with Crippen LogP contribution in [-0.2, 0) is 16.1 Å². The third-order valence-electron chi connectivity index (χ3n) is 4.22. The van der Waals surface area contributed by atoms with E-state index in [-0.39, 0.29) is 6.61 Å². The molecule has 1 aromatic carbocycles. The molecular weight excluding hydrogens is 296 g/mol. The van der Waals surface area contributed by atoms with Crippen molar-refractivity contribution < 1.29 is 19.4 Å². The minimum atomic E-state index is -1.27. The van der Waals surface area contributed by atoms with Gasteiger partial charge in [-0.3, -0.25) is 4.79 Å². The SMILES string of the molecule is CNC(=O)[C@H](O)[C@H](CC1CCC1)NC(=O)OCc1ccccc1. The van der Waals surface area contributed by atoms with Crippen molar-refractivity contribution in [3.8, 4) is 0 Å². The van der Waals surface area contributed by atoms with Crippen molar-refractivity contribution in [1.29, 1.82) is 0 Å². The lowest BCUT2D eigenvalue weighted by Crippen LogP contribution is -2.51. The van der Waals surface area contributed by atoms with Crippen molar-refractivity contribution in [2.45, 2.75) is 44.4 Å². The molecule has 2 atom stereocenters. The van der Waals surface area contributed by atoms with Crippen molar-refractivity contribution in [2.75, 3.05) is 7.05 Å². The van der Waals surface area contributed by atoms with E-state index in [9.17, 15) is 14.7 Å². The summed E-state index contributed by atoms with van der Waals surface area (Å²) in [7, 11) is 1.46. The van der Waals surface area contributed by atoms with Crippen molar-refractivity contribution >= 4 is 12.0 Å². The monoisotopic (exact) mass is 320 g/mol. The number of benzene rings is 1. The number of amides is 2. The Morgan fingerprint density at radius 1 is 1.30 bits per heavy atom. The zero-order valence-corrected chi connectivity index (χ0v) is 13.3. The second kappa shape index (κ2) is 8.53. The maximum absolute atomic E-state index is 12.0. The highest BCUT2D eigenvalue weighted by molar-refractivity contribution is 5.81. The molecule has 1 saturated carbocycles. The van der Waals surface area contributed by atoms with Gasteiger partial charge in [0.05, 0.1) is 6.04 Å². The van der Waals surface area contributed by atoms with Crippen LogP contribution in [0.15, 0.2) is 30.3 Å². The number of rotatable bonds is 7. The Morgan fingerprint density at radius 2 is 2.00 bits per heavy atom. The van der Waals surface area contributed by atoms with Crippen molar-refractivity contribution in [1.82, 2.24) is 10.6 Å². The van der Waals surface area contributed by atoms with Crippen molar-refractivity contribution in [2.24, 2.45) is 5.92 Å². The summed E-state index contributed by atoms with van der Waals surface area (Å²) in [5.41, 5.74) is 0.880. The van der Waals surface area contributed by atoms with Gasteiger partial charge in [-0.25, -0.2) is 4.79 Å². The molecule has 126 valence electrons. The molecule has 0 radical (unpaired) electrons. The molecule has 1 aliphatic rings. The van der Waals surface area contributed by atoms with E-state index in [0.717, 1.165) is 24.8 Å². The number of carbonyl (C=O) groups is 2. The van der Waals surface area contributed by atoms with Gasteiger partial charge in [-0.05, 0) is 17.9 Å². The van der Waals surface area contributed by atoms with Crippen LogP contribution in [0, 0.1) is 5.92 Å². The van der Waals surface area contributed by atoms with Crippen LogP contribution >= 0.6 is 0 Å². The molecule has 0 unspecified atom stereocenters. The van der Waals surface area contributed by atoms with E-state index in [2.05, 4.69) is 10.6 Å². The van der Waals surface area contributed by atoms with Crippen LogP contribution in [0.4, 0.5) is 4.79 Å². The molecule has 3 N–H and O–H groups in total. The Balaban J connectivity index is 1.87. The Morgan fingerprint density at radius 3 is 2.57 bits per heavy atom. The molecule has 0 aromatic heterocycles. The summed E-state index contributed by atoms with van der Waals surface area (Å²) in [4.78, 5) is 23.6. The zero-order valence-electron chi connectivity index (χ0n) is 13.3. The third-order valence-corrected chi connectivity index (χ3v) is 4.22. The zero-order chi connectivity index (χ0) is 16.7. The summed E-state index contributed by atoms with van der Waals surface area (Å²) in [6.45, 7) is 0.152. The summed E-state index contributed by atoms with van der Waals surface area (Å²) in [5, 5.41) is 15.1. The summed E-state index contributed by atoms with van der Waals surface area (Å²) in [6.07, 6.45) is 1.97. The lowest BCUT2D eigenvalue weighted by atomic mass is 9.80. The minimum Gasteiger partial charge on any atom is -0.445 e. The molecule has 0 spiro atoms. The maximum Gasteiger partial charge on any atom is 0.407 e. The lowest BCUT2D eigenvalue weighted by Gasteiger charge is -2.31. The van der Waals surface area contributed by atoms with E-state index in [1.165, 1.54) is 7.05 Å². The summed E-state index contributed by atoms with van der Waals surface area (Å²) >= 11 is 0. The predicted molar refractivity (Wildman–Crippen MR) is 85.6 cm³/mol. The molecule has 0 heterocycles.